The van der Waals surface area contributed by atoms with Gasteiger partial charge >= 0.3 is 5.63 Å². The third-order valence-corrected chi connectivity index (χ3v) is 3.64. The third-order valence-electron chi connectivity index (χ3n) is 3.64. The summed E-state index contributed by atoms with van der Waals surface area (Å²) in [5, 5.41) is 6.86. The molecule has 0 fully saturated rings. The van der Waals surface area contributed by atoms with Gasteiger partial charge < -0.3 is 19.8 Å². The Kier molecular flexibility index (Phi) is 4.73. The monoisotopic (exact) mass is 314 g/mol. The second-order valence-electron chi connectivity index (χ2n) is 5.34. The van der Waals surface area contributed by atoms with Crippen LogP contribution in [0.1, 0.15) is 6.42 Å². The lowest BCUT2D eigenvalue weighted by molar-refractivity contribution is -0.122. The molecule has 1 aromatic heterocycles. The lowest BCUT2D eigenvalue weighted by atomic mass is 10.1. The van der Waals surface area contributed by atoms with E-state index in [1.165, 1.54) is 11.6 Å². The quantitative estimate of drug-likeness (QED) is 0.640. The highest BCUT2D eigenvalue weighted by Crippen LogP contribution is 2.19. The maximum atomic E-state index is 11.8. The van der Waals surface area contributed by atoms with Crippen LogP contribution < -0.4 is 21.0 Å². The van der Waals surface area contributed by atoms with Gasteiger partial charge in [0, 0.05) is 30.6 Å². The predicted molar refractivity (Wildman–Crippen MR) is 86.6 cm³/mol. The van der Waals surface area contributed by atoms with E-state index in [0.717, 1.165) is 24.9 Å². The highest BCUT2D eigenvalue weighted by Gasteiger charge is 2.07. The number of rotatable bonds is 5. The van der Waals surface area contributed by atoms with Crippen LogP contribution in [0.15, 0.2) is 51.2 Å². The summed E-state index contributed by atoms with van der Waals surface area (Å²) in [6.45, 7) is 2.27. The van der Waals surface area contributed by atoms with Crippen LogP contribution in [-0.4, -0.2) is 32.1 Å². The number of carbonyl (C=O) groups is 1. The summed E-state index contributed by atoms with van der Waals surface area (Å²) in [4.78, 5) is 23.0. The smallest absolute Gasteiger partial charge is 0.336 e. The molecule has 0 bridgehead atoms. The Bertz CT molecular complexity index is 795. The average Bonchev–Trinajstić information content (AvgIpc) is 2.58. The van der Waals surface area contributed by atoms with Crippen LogP contribution >= 0.6 is 0 Å². The minimum Gasteiger partial charge on any atom is -0.484 e. The number of nitrogens with one attached hydrogen (secondary N) is 2. The minimum absolute atomic E-state index is 0.0753. The van der Waals surface area contributed by atoms with Gasteiger partial charge in [-0.05, 0) is 31.2 Å². The van der Waals surface area contributed by atoms with Crippen LogP contribution in [0.2, 0.25) is 0 Å². The van der Waals surface area contributed by atoms with Gasteiger partial charge in [0.05, 0.1) is 0 Å². The Morgan fingerprint density at radius 1 is 1.30 bits per heavy atom. The molecule has 0 saturated carbocycles. The van der Waals surface area contributed by atoms with E-state index in [2.05, 4.69) is 16.7 Å². The molecule has 6 nitrogen and oxygen atoms in total. The van der Waals surface area contributed by atoms with Crippen molar-refractivity contribution in [3.63, 3.8) is 0 Å². The number of hydrogen-bond acceptors (Lipinski definition) is 5. The first-order chi connectivity index (χ1) is 11.2. The van der Waals surface area contributed by atoms with Gasteiger partial charge in [-0.1, -0.05) is 11.6 Å². The van der Waals surface area contributed by atoms with Crippen molar-refractivity contribution in [2.24, 2.45) is 0 Å². The van der Waals surface area contributed by atoms with Gasteiger partial charge in [0.15, 0.2) is 6.61 Å². The third kappa shape index (κ3) is 4.20. The fourth-order valence-corrected chi connectivity index (χ4v) is 2.37. The topological polar surface area (TPSA) is 80.6 Å². The van der Waals surface area contributed by atoms with E-state index in [1.54, 1.807) is 24.3 Å². The zero-order chi connectivity index (χ0) is 16.1. The molecule has 0 atom stereocenters. The van der Waals surface area contributed by atoms with Crippen molar-refractivity contribution in [2.45, 2.75) is 6.42 Å². The first kappa shape index (κ1) is 15.3. The van der Waals surface area contributed by atoms with Crippen molar-refractivity contribution in [3.8, 4) is 5.75 Å². The largest absolute Gasteiger partial charge is 0.484 e. The molecule has 2 aromatic rings. The van der Waals surface area contributed by atoms with E-state index >= 15 is 0 Å². The molecule has 1 amide bonds. The fourth-order valence-electron chi connectivity index (χ4n) is 2.37. The first-order valence-corrected chi connectivity index (χ1v) is 7.53. The summed E-state index contributed by atoms with van der Waals surface area (Å²) in [6, 6.07) is 8.19. The predicted octanol–water partition coefficient (Wildman–Crippen LogP) is 1.21. The molecule has 6 heteroatoms. The summed E-state index contributed by atoms with van der Waals surface area (Å²) in [7, 11) is 0. The zero-order valence-electron chi connectivity index (χ0n) is 12.6. The molecule has 2 N–H and O–H groups in total. The van der Waals surface area contributed by atoms with Crippen molar-refractivity contribution < 1.29 is 13.9 Å². The van der Waals surface area contributed by atoms with Crippen LogP contribution in [0.25, 0.3) is 11.0 Å². The fraction of sp³-hybridized carbons (Fsp3) is 0.294. The summed E-state index contributed by atoms with van der Waals surface area (Å²) >= 11 is 0. The van der Waals surface area contributed by atoms with Crippen LogP contribution in [0.4, 0.5) is 0 Å². The van der Waals surface area contributed by atoms with Crippen molar-refractivity contribution in [1.29, 1.82) is 0 Å². The van der Waals surface area contributed by atoms with Crippen LogP contribution in [0.3, 0.4) is 0 Å². The van der Waals surface area contributed by atoms with E-state index in [-0.39, 0.29) is 12.5 Å². The Morgan fingerprint density at radius 3 is 3.00 bits per heavy atom. The number of amides is 1. The number of fused-ring (bicyclic) bond motifs is 1. The first-order valence-electron chi connectivity index (χ1n) is 7.53. The van der Waals surface area contributed by atoms with E-state index in [4.69, 9.17) is 9.15 Å². The van der Waals surface area contributed by atoms with Crippen LogP contribution in [0.5, 0.6) is 5.75 Å². The van der Waals surface area contributed by atoms with Crippen molar-refractivity contribution >= 4 is 16.9 Å². The van der Waals surface area contributed by atoms with Gasteiger partial charge in [0.25, 0.3) is 5.91 Å². The Morgan fingerprint density at radius 2 is 2.17 bits per heavy atom. The highest BCUT2D eigenvalue weighted by molar-refractivity contribution is 5.79. The number of benzene rings is 1. The lowest BCUT2D eigenvalue weighted by Gasteiger charge is -2.14. The van der Waals surface area contributed by atoms with Gasteiger partial charge in [-0.25, -0.2) is 4.79 Å². The lowest BCUT2D eigenvalue weighted by Crippen LogP contribution is -2.32. The minimum atomic E-state index is -0.414. The Hall–Kier alpha value is -2.60. The Balaban J connectivity index is 1.54. The molecule has 1 aliphatic rings. The molecule has 120 valence electrons. The van der Waals surface area contributed by atoms with Gasteiger partial charge in [-0.15, -0.1) is 0 Å². The number of hydrogen-bond donors (Lipinski definition) is 2. The van der Waals surface area contributed by atoms with Crippen molar-refractivity contribution in [1.82, 2.24) is 10.6 Å². The standard InChI is InChI=1S/C17H18N2O4/c20-16(19-10-12-5-7-18-8-6-12)11-22-14-3-1-13-2-4-17(21)23-15(13)9-14/h1-5,9,18H,6-8,10-11H2,(H,19,20). The molecular weight excluding hydrogens is 296 g/mol. The SMILES string of the molecule is O=C(COc1ccc2ccc(=O)oc2c1)NCC1=CCNCC1. The van der Waals surface area contributed by atoms with Gasteiger partial charge in [0.2, 0.25) is 0 Å². The molecule has 3 rings (SSSR count). The van der Waals surface area contributed by atoms with E-state index in [9.17, 15) is 9.59 Å². The van der Waals surface area contributed by atoms with Crippen molar-refractivity contribution in [2.75, 3.05) is 26.2 Å². The maximum absolute atomic E-state index is 11.8. The van der Waals surface area contributed by atoms with Crippen LogP contribution in [-0.2, 0) is 4.79 Å². The molecule has 0 saturated heterocycles. The number of ether oxygens (including phenoxy) is 1. The molecule has 1 aromatic carbocycles. The van der Waals surface area contributed by atoms with Crippen LogP contribution in [0, 0.1) is 0 Å². The molecule has 23 heavy (non-hydrogen) atoms. The zero-order valence-corrected chi connectivity index (χ0v) is 12.6. The molecule has 0 radical (unpaired) electrons. The van der Waals surface area contributed by atoms with Gasteiger partial charge in [-0.3, -0.25) is 4.79 Å². The molecule has 2 heterocycles. The molecule has 1 aliphatic heterocycles. The molecular formula is C17H18N2O4. The molecule has 0 unspecified atom stereocenters. The Labute approximate surface area is 133 Å². The summed E-state index contributed by atoms with van der Waals surface area (Å²) in [5.41, 5.74) is 1.25. The van der Waals surface area contributed by atoms with E-state index < -0.39 is 5.63 Å². The summed E-state index contributed by atoms with van der Waals surface area (Å²) in [5.74, 6) is 0.308. The highest BCUT2D eigenvalue weighted by atomic mass is 16.5. The second kappa shape index (κ2) is 7.11. The molecule has 0 spiro atoms. The summed E-state index contributed by atoms with van der Waals surface area (Å²) < 4.78 is 10.5. The normalized spacial score (nSPS) is 14.3. The van der Waals surface area contributed by atoms with Gasteiger partial charge in [0.1, 0.15) is 11.3 Å². The number of carbonyl (C=O) groups excluding carboxylic acids is 1. The van der Waals surface area contributed by atoms with Crippen molar-refractivity contribution in [3.05, 3.63) is 52.4 Å². The maximum Gasteiger partial charge on any atom is 0.336 e. The van der Waals surface area contributed by atoms with E-state index in [0.29, 0.717) is 17.9 Å². The average molecular weight is 314 g/mol. The summed E-state index contributed by atoms with van der Waals surface area (Å²) in [6.07, 6.45) is 3.04. The molecule has 0 aliphatic carbocycles. The van der Waals surface area contributed by atoms with Gasteiger partial charge in [-0.2, -0.15) is 0 Å². The van der Waals surface area contributed by atoms with E-state index in [1.807, 2.05) is 0 Å². The second-order valence-corrected chi connectivity index (χ2v) is 5.34.